The fraction of sp³-hybridized carbons (Fsp3) is 0.500. The van der Waals surface area contributed by atoms with E-state index in [4.69, 9.17) is 0 Å². The van der Waals surface area contributed by atoms with Crippen molar-refractivity contribution in [2.45, 2.75) is 32.2 Å². The topological polar surface area (TPSA) is 32.3 Å². The van der Waals surface area contributed by atoms with Crippen molar-refractivity contribution in [1.29, 1.82) is 0 Å². The molecule has 1 aromatic carbocycles. The average molecular weight is 232 g/mol. The second-order valence-corrected chi connectivity index (χ2v) is 5.06. The first kappa shape index (κ1) is 12.0. The second kappa shape index (κ2) is 4.78. The third kappa shape index (κ3) is 2.60. The molecule has 1 fully saturated rings. The molecule has 3 heteroatoms. The Bertz CT molecular complexity index is 414. The fourth-order valence-corrected chi connectivity index (χ4v) is 2.31. The molecule has 1 amide bonds. The molecule has 3 nitrogen and oxygen atoms in total. The van der Waals surface area contributed by atoms with Crippen LogP contribution in [-0.2, 0) is 4.79 Å². The third-order valence-electron chi connectivity index (χ3n) is 3.28. The lowest BCUT2D eigenvalue weighted by atomic mass is 10.0. The van der Waals surface area contributed by atoms with Crippen molar-refractivity contribution in [3.63, 3.8) is 0 Å². The van der Waals surface area contributed by atoms with Crippen LogP contribution in [0.1, 0.15) is 31.7 Å². The molecule has 92 valence electrons. The van der Waals surface area contributed by atoms with Crippen LogP contribution < -0.4 is 5.32 Å². The number of para-hydroxylation sites is 1. The zero-order valence-electron chi connectivity index (χ0n) is 10.7. The number of benzene rings is 1. The number of amides is 1. The highest BCUT2D eigenvalue weighted by Gasteiger charge is 2.26. The van der Waals surface area contributed by atoms with Crippen molar-refractivity contribution in [3.8, 4) is 0 Å². The van der Waals surface area contributed by atoms with Gasteiger partial charge in [0.15, 0.2) is 0 Å². The maximum absolute atomic E-state index is 11.5. The largest absolute Gasteiger partial charge is 0.380 e. The molecule has 1 saturated heterocycles. The van der Waals surface area contributed by atoms with Crippen LogP contribution in [0.2, 0.25) is 0 Å². The van der Waals surface area contributed by atoms with Gasteiger partial charge in [-0.1, -0.05) is 32.0 Å². The number of rotatable bonds is 3. The molecule has 0 radical (unpaired) electrons. The molecule has 0 saturated carbocycles. The first-order valence-corrected chi connectivity index (χ1v) is 6.17. The minimum atomic E-state index is 0.226. The summed E-state index contributed by atoms with van der Waals surface area (Å²) in [5.74, 6) is 0.720. The lowest BCUT2D eigenvalue weighted by Crippen LogP contribution is -2.24. The first-order chi connectivity index (χ1) is 8.08. The number of nitrogens with one attached hydrogen (secondary N) is 1. The van der Waals surface area contributed by atoms with Gasteiger partial charge >= 0.3 is 0 Å². The molecule has 0 spiro atoms. The Morgan fingerprint density at radius 1 is 1.35 bits per heavy atom. The maximum atomic E-state index is 11.5. The van der Waals surface area contributed by atoms with E-state index in [2.05, 4.69) is 37.4 Å². The molecule has 1 N–H and O–H groups in total. The molecule has 1 aliphatic heterocycles. The molecule has 1 unspecified atom stereocenters. The number of likely N-dealkylation sites (N-methyl/N-ethyl adjacent to an activating group) is 1. The van der Waals surface area contributed by atoms with E-state index in [1.807, 2.05) is 13.1 Å². The predicted octanol–water partition coefficient (Wildman–Crippen LogP) is 2.45. The molecule has 1 heterocycles. The van der Waals surface area contributed by atoms with Crippen LogP contribution in [0.5, 0.6) is 0 Å². The van der Waals surface area contributed by atoms with Gasteiger partial charge in [-0.3, -0.25) is 4.79 Å². The lowest BCUT2D eigenvalue weighted by molar-refractivity contribution is -0.126. The van der Waals surface area contributed by atoms with Crippen molar-refractivity contribution in [2.75, 3.05) is 18.9 Å². The van der Waals surface area contributed by atoms with Crippen LogP contribution >= 0.6 is 0 Å². The molecule has 0 aliphatic carbocycles. The van der Waals surface area contributed by atoms with E-state index in [0.29, 0.717) is 12.3 Å². The zero-order chi connectivity index (χ0) is 12.4. The van der Waals surface area contributed by atoms with Gasteiger partial charge in [0.25, 0.3) is 0 Å². The van der Waals surface area contributed by atoms with Crippen LogP contribution in [0.4, 0.5) is 5.69 Å². The molecule has 0 bridgehead atoms. The average Bonchev–Trinajstić information content (AvgIpc) is 2.58. The van der Waals surface area contributed by atoms with Gasteiger partial charge in [-0.25, -0.2) is 0 Å². The quantitative estimate of drug-likeness (QED) is 0.868. The summed E-state index contributed by atoms with van der Waals surface area (Å²) in [4.78, 5) is 13.3. The lowest BCUT2D eigenvalue weighted by Gasteiger charge is -2.18. The smallest absolute Gasteiger partial charge is 0.224 e. The van der Waals surface area contributed by atoms with Gasteiger partial charge in [0.1, 0.15) is 0 Å². The molecule has 2 rings (SSSR count). The number of anilines is 1. The van der Waals surface area contributed by atoms with Crippen molar-refractivity contribution in [3.05, 3.63) is 29.8 Å². The molecule has 0 aromatic heterocycles. The van der Waals surface area contributed by atoms with Gasteiger partial charge in [0, 0.05) is 25.7 Å². The van der Waals surface area contributed by atoms with Gasteiger partial charge in [0.2, 0.25) is 5.91 Å². The molecular weight excluding hydrogens is 212 g/mol. The van der Waals surface area contributed by atoms with E-state index >= 15 is 0 Å². The Morgan fingerprint density at radius 2 is 2.06 bits per heavy atom. The van der Waals surface area contributed by atoms with Crippen LogP contribution in [0.25, 0.3) is 0 Å². The summed E-state index contributed by atoms with van der Waals surface area (Å²) in [6, 6.07) is 8.58. The van der Waals surface area contributed by atoms with E-state index in [-0.39, 0.29) is 11.9 Å². The molecular formula is C14H20N2O. The Balaban J connectivity index is 2.11. The van der Waals surface area contributed by atoms with E-state index in [9.17, 15) is 4.79 Å². The number of likely N-dealkylation sites (tertiary alicyclic amines) is 1. The summed E-state index contributed by atoms with van der Waals surface area (Å²) in [7, 11) is 1.86. The maximum Gasteiger partial charge on any atom is 0.224 e. The minimum absolute atomic E-state index is 0.226. The van der Waals surface area contributed by atoms with Crippen LogP contribution in [-0.4, -0.2) is 30.4 Å². The second-order valence-electron chi connectivity index (χ2n) is 5.06. The van der Waals surface area contributed by atoms with Gasteiger partial charge < -0.3 is 10.2 Å². The SMILES string of the molecule is CC(C)c1ccccc1NC1CC(=O)N(C)C1. The van der Waals surface area contributed by atoms with Crippen molar-refractivity contribution >= 4 is 11.6 Å². The highest BCUT2D eigenvalue weighted by atomic mass is 16.2. The van der Waals surface area contributed by atoms with Crippen LogP contribution in [0.15, 0.2) is 24.3 Å². The summed E-state index contributed by atoms with van der Waals surface area (Å²) >= 11 is 0. The van der Waals surface area contributed by atoms with Crippen molar-refractivity contribution in [2.24, 2.45) is 0 Å². The van der Waals surface area contributed by atoms with E-state index < -0.39 is 0 Å². The van der Waals surface area contributed by atoms with Crippen LogP contribution in [0, 0.1) is 0 Å². The van der Waals surface area contributed by atoms with Crippen molar-refractivity contribution < 1.29 is 4.79 Å². The number of hydrogen-bond acceptors (Lipinski definition) is 2. The predicted molar refractivity (Wildman–Crippen MR) is 70.2 cm³/mol. The summed E-state index contributed by atoms with van der Waals surface area (Å²) < 4.78 is 0. The monoisotopic (exact) mass is 232 g/mol. The third-order valence-corrected chi connectivity index (χ3v) is 3.28. The Hall–Kier alpha value is -1.51. The van der Waals surface area contributed by atoms with Gasteiger partial charge in [0.05, 0.1) is 6.04 Å². The number of carbonyl (C=O) groups excluding carboxylic acids is 1. The Kier molecular flexibility index (Phi) is 3.36. The normalized spacial score (nSPS) is 20.1. The molecule has 1 atom stereocenters. The summed E-state index contributed by atoms with van der Waals surface area (Å²) in [6.07, 6.45) is 0.600. The van der Waals surface area contributed by atoms with E-state index in [0.717, 1.165) is 12.2 Å². The molecule has 1 aliphatic rings. The van der Waals surface area contributed by atoms with E-state index in [1.54, 1.807) is 4.90 Å². The first-order valence-electron chi connectivity index (χ1n) is 6.17. The summed E-state index contributed by atoms with van der Waals surface area (Å²) in [6.45, 7) is 5.17. The summed E-state index contributed by atoms with van der Waals surface area (Å²) in [5.41, 5.74) is 2.48. The van der Waals surface area contributed by atoms with Gasteiger partial charge in [-0.05, 0) is 17.5 Å². The minimum Gasteiger partial charge on any atom is -0.380 e. The highest BCUT2D eigenvalue weighted by molar-refractivity contribution is 5.79. The standard InChI is InChI=1S/C14H20N2O/c1-10(2)12-6-4-5-7-13(12)15-11-8-14(17)16(3)9-11/h4-7,10-11,15H,8-9H2,1-3H3. The highest BCUT2D eigenvalue weighted by Crippen LogP contribution is 2.25. The van der Waals surface area contributed by atoms with Crippen molar-refractivity contribution in [1.82, 2.24) is 4.90 Å². The summed E-state index contributed by atoms with van der Waals surface area (Å²) in [5, 5.41) is 3.49. The molecule has 1 aromatic rings. The fourth-order valence-electron chi connectivity index (χ4n) is 2.31. The number of hydrogen-bond donors (Lipinski definition) is 1. The van der Waals surface area contributed by atoms with Crippen LogP contribution in [0.3, 0.4) is 0 Å². The van der Waals surface area contributed by atoms with E-state index in [1.165, 1.54) is 5.56 Å². The van der Waals surface area contributed by atoms with Gasteiger partial charge in [-0.2, -0.15) is 0 Å². The number of carbonyl (C=O) groups is 1. The molecule has 17 heavy (non-hydrogen) atoms. The number of nitrogens with zero attached hydrogens (tertiary/aromatic N) is 1. The van der Waals surface area contributed by atoms with Gasteiger partial charge in [-0.15, -0.1) is 0 Å². The Morgan fingerprint density at radius 3 is 2.65 bits per heavy atom. The zero-order valence-corrected chi connectivity index (χ0v) is 10.7. The Labute approximate surface area is 103 Å².